The molecule has 0 aliphatic heterocycles. The van der Waals surface area contributed by atoms with E-state index in [-0.39, 0.29) is 0 Å². The monoisotopic (exact) mass is 248 g/mol. The summed E-state index contributed by atoms with van der Waals surface area (Å²) in [5.74, 6) is 0. The van der Waals surface area contributed by atoms with Crippen LogP contribution in [0.15, 0.2) is 24.3 Å². The Balaban J connectivity index is 2.23. The second kappa shape index (κ2) is 5.50. The van der Waals surface area contributed by atoms with Crippen LogP contribution in [0.3, 0.4) is 0 Å². The van der Waals surface area contributed by atoms with Gasteiger partial charge >= 0.3 is 0 Å². The molecule has 3 heteroatoms. The summed E-state index contributed by atoms with van der Waals surface area (Å²) in [7, 11) is 2.16. The second-order valence-corrected chi connectivity index (χ2v) is 5.22. The van der Waals surface area contributed by atoms with Crippen LogP contribution >= 0.6 is 12.2 Å². The van der Waals surface area contributed by atoms with Gasteiger partial charge in [-0.15, -0.1) is 0 Å². The van der Waals surface area contributed by atoms with Gasteiger partial charge in [-0.1, -0.05) is 43.6 Å². The third kappa shape index (κ3) is 2.78. The van der Waals surface area contributed by atoms with Crippen LogP contribution in [0.4, 0.5) is 5.69 Å². The van der Waals surface area contributed by atoms with Crippen LogP contribution in [0.1, 0.15) is 37.7 Å². The number of nitrogens with two attached hydrogens (primary N) is 1. The van der Waals surface area contributed by atoms with Crippen LogP contribution in [0, 0.1) is 0 Å². The molecule has 1 aliphatic carbocycles. The van der Waals surface area contributed by atoms with Crippen molar-refractivity contribution in [3.05, 3.63) is 29.8 Å². The second-order valence-electron chi connectivity index (χ2n) is 4.78. The summed E-state index contributed by atoms with van der Waals surface area (Å²) in [6, 6.07) is 8.81. The molecule has 1 saturated carbocycles. The molecule has 0 spiro atoms. The summed E-state index contributed by atoms with van der Waals surface area (Å²) in [6.07, 6.45) is 6.61. The van der Waals surface area contributed by atoms with Crippen molar-refractivity contribution in [2.45, 2.75) is 38.1 Å². The number of hydrogen-bond acceptors (Lipinski definition) is 2. The van der Waals surface area contributed by atoms with E-state index in [4.69, 9.17) is 18.0 Å². The highest BCUT2D eigenvalue weighted by Crippen LogP contribution is 2.28. The lowest BCUT2D eigenvalue weighted by molar-refractivity contribution is 0.427. The minimum atomic E-state index is 0.489. The molecule has 1 aliphatic rings. The van der Waals surface area contributed by atoms with Gasteiger partial charge in [0.05, 0.1) is 0 Å². The van der Waals surface area contributed by atoms with E-state index in [9.17, 15) is 0 Å². The number of benzene rings is 1. The summed E-state index contributed by atoms with van der Waals surface area (Å²) in [5.41, 5.74) is 7.96. The highest BCUT2D eigenvalue weighted by Gasteiger charge is 2.20. The van der Waals surface area contributed by atoms with Crippen molar-refractivity contribution >= 4 is 22.9 Å². The fourth-order valence-corrected chi connectivity index (χ4v) is 2.83. The Morgan fingerprint density at radius 2 is 1.88 bits per heavy atom. The molecule has 2 nitrogen and oxygen atoms in total. The van der Waals surface area contributed by atoms with Crippen molar-refractivity contribution in [2.75, 3.05) is 11.9 Å². The van der Waals surface area contributed by atoms with Crippen LogP contribution < -0.4 is 10.6 Å². The number of thiocarbonyl (C=S) groups is 1. The smallest absolute Gasteiger partial charge is 0.106 e. The van der Waals surface area contributed by atoms with Crippen LogP contribution in [-0.4, -0.2) is 18.1 Å². The summed E-state index contributed by atoms with van der Waals surface area (Å²) in [4.78, 5) is 2.84. The average Bonchev–Trinajstić information content (AvgIpc) is 2.39. The number of anilines is 1. The molecule has 2 rings (SSSR count). The highest BCUT2D eigenvalue weighted by molar-refractivity contribution is 7.80. The van der Waals surface area contributed by atoms with Crippen molar-refractivity contribution in [1.29, 1.82) is 0 Å². The van der Waals surface area contributed by atoms with E-state index in [0.717, 1.165) is 5.56 Å². The molecular formula is C14H20N2S. The van der Waals surface area contributed by atoms with Crippen LogP contribution in [0.25, 0.3) is 0 Å². The quantitative estimate of drug-likeness (QED) is 0.834. The Hall–Kier alpha value is -1.09. The lowest BCUT2D eigenvalue weighted by Crippen LogP contribution is -2.34. The third-order valence-electron chi connectivity index (χ3n) is 3.67. The lowest BCUT2D eigenvalue weighted by atomic mass is 9.94. The van der Waals surface area contributed by atoms with E-state index in [1.807, 2.05) is 12.1 Å². The highest BCUT2D eigenvalue weighted by atomic mass is 32.1. The first-order chi connectivity index (χ1) is 8.20. The molecule has 0 atom stereocenters. The predicted octanol–water partition coefficient (Wildman–Crippen LogP) is 3.09. The first kappa shape index (κ1) is 12.4. The topological polar surface area (TPSA) is 29.3 Å². The summed E-state index contributed by atoms with van der Waals surface area (Å²) in [5, 5.41) is 0. The van der Waals surface area contributed by atoms with E-state index < -0.39 is 0 Å². The lowest BCUT2D eigenvalue weighted by Gasteiger charge is -2.34. The van der Waals surface area contributed by atoms with E-state index >= 15 is 0 Å². The summed E-state index contributed by atoms with van der Waals surface area (Å²) < 4.78 is 0. The number of hydrogen-bond donors (Lipinski definition) is 1. The Kier molecular flexibility index (Phi) is 4.00. The van der Waals surface area contributed by atoms with Gasteiger partial charge in [-0.3, -0.25) is 0 Å². The van der Waals surface area contributed by atoms with Gasteiger partial charge in [-0.2, -0.15) is 0 Å². The van der Waals surface area contributed by atoms with Crippen LogP contribution in [0.2, 0.25) is 0 Å². The van der Waals surface area contributed by atoms with Gasteiger partial charge in [0.1, 0.15) is 4.99 Å². The van der Waals surface area contributed by atoms with E-state index in [1.54, 1.807) is 0 Å². The SMILES string of the molecule is CN(c1ccccc1C(N)=S)C1CCCCC1. The molecule has 0 radical (unpaired) electrons. The predicted molar refractivity (Wildman–Crippen MR) is 77.6 cm³/mol. The van der Waals surface area contributed by atoms with Gasteiger partial charge in [0.2, 0.25) is 0 Å². The molecule has 2 N–H and O–H groups in total. The Bertz CT molecular complexity index is 397. The molecule has 0 aromatic heterocycles. The zero-order valence-corrected chi connectivity index (χ0v) is 11.2. The van der Waals surface area contributed by atoms with Gasteiger partial charge in [-0.05, 0) is 25.0 Å². The van der Waals surface area contributed by atoms with Gasteiger partial charge in [-0.25, -0.2) is 0 Å². The minimum Gasteiger partial charge on any atom is -0.389 e. The summed E-state index contributed by atoms with van der Waals surface area (Å²) >= 11 is 5.12. The van der Waals surface area contributed by atoms with Crippen LogP contribution in [0.5, 0.6) is 0 Å². The van der Waals surface area contributed by atoms with E-state index in [0.29, 0.717) is 11.0 Å². The van der Waals surface area contributed by atoms with Crippen LogP contribution in [-0.2, 0) is 0 Å². The van der Waals surface area contributed by atoms with E-state index in [2.05, 4.69) is 24.1 Å². The standard InChI is InChI=1S/C14H20N2S/c1-16(11-7-3-2-4-8-11)13-10-6-5-9-12(13)14(15)17/h5-6,9-11H,2-4,7-8H2,1H3,(H2,15,17). The molecular weight excluding hydrogens is 228 g/mol. The zero-order valence-electron chi connectivity index (χ0n) is 10.4. The first-order valence-corrected chi connectivity index (χ1v) is 6.72. The van der Waals surface area contributed by atoms with Gasteiger partial charge < -0.3 is 10.6 Å². The number of para-hydroxylation sites is 1. The molecule has 0 bridgehead atoms. The maximum atomic E-state index is 5.79. The van der Waals surface area contributed by atoms with Crippen molar-refractivity contribution in [3.8, 4) is 0 Å². The van der Waals surface area contributed by atoms with E-state index in [1.165, 1.54) is 37.8 Å². The van der Waals surface area contributed by atoms with Crippen molar-refractivity contribution < 1.29 is 0 Å². The Morgan fingerprint density at radius 3 is 2.53 bits per heavy atom. The Labute approximate surface area is 109 Å². The maximum absolute atomic E-state index is 5.79. The van der Waals surface area contributed by atoms with Crippen molar-refractivity contribution in [1.82, 2.24) is 0 Å². The molecule has 17 heavy (non-hydrogen) atoms. The molecule has 0 amide bonds. The molecule has 1 fully saturated rings. The summed E-state index contributed by atoms with van der Waals surface area (Å²) in [6.45, 7) is 0. The average molecular weight is 248 g/mol. The number of rotatable bonds is 3. The molecule has 0 heterocycles. The molecule has 1 aromatic carbocycles. The van der Waals surface area contributed by atoms with Gasteiger partial charge in [0, 0.05) is 24.3 Å². The van der Waals surface area contributed by atoms with Gasteiger partial charge in [0.15, 0.2) is 0 Å². The zero-order chi connectivity index (χ0) is 12.3. The fourth-order valence-electron chi connectivity index (χ4n) is 2.65. The normalized spacial score (nSPS) is 16.8. The molecule has 1 aromatic rings. The van der Waals surface area contributed by atoms with Crippen molar-refractivity contribution in [3.63, 3.8) is 0 Å². The molecule has 0 saturated heterocycles. The van der Waals surface area contributed by atoms with Crippen molar-refractivity contribution in [2.24, 2.45) is 5.73 Å². The first-order valence-electron chi connectivity index (χ1n) is 6.32. The number of nitrogens with zero attached hydrogens (tertiary/aromatic N) is 1. The third-order valence-corrected chi connectivity index (χ3v) is 3.89. The molecule has 0 unspecified atom stereocenters. The molecule has 92 valence electrons. The Morgan fingerprint density at radius 1 is 1.24 bits per heavy atom. The largest absolute Gasteiger partial charge is 0.389 e. The minimum absolute atomic E-state index is 0.489. The maximum Gasteiger partial charge on any atom is 0.106 e. The fraction of sp³-hybridized carbons (Fsp3) is 0.500. The van der Waals surface area contributed by atoms with Gasteiger partial charge in [0.25, 0.3) is 0 Å².